The maximum Gasteiger partial charge on any atom is 0.272 e. The molecular formula is C14H22N4O2. The van der Waals surface area contributed by atoms with E-state index in [1.54, 1.807) is 7.11 Å². The Balaban J connectivity index is 1.58. The molecule has 0 radical (unpaired) electrons. The van der Waals surface area contributed by atoms with Crippen LogP contribution >= 0.6 is 0 Å². The van der Waals surface area contributed by atoms with Gasteiger partial charge in [0.25, 0.3) is 5.91 Å². The summed E-state index contributed by atoms with van der Waals surface area (Å²) < 4.78 is 5.13. The molecule has 0 unspecified atom stereocenters. The second kappa shape index (κ2) is 5.54. The minimum absolute atomic E-state index is 0.0603. The molecule has 1 aromatic rings. The van der Waals surface area contributed by atoms with Crippen molar-refractivity contribution in [2.24, 2.45) is 5.41 Å². The van der Waals surface area contributed by atoms with Crippen molar-refractivity contribution in [2.75, 3.05) is 26.8 Å². The Kier molecular flexibility index (Phi) is 3.76. The maximum absolute atomic E-state index is 12.3. The Morgan fingerprint density at radius 3 is 3.10 bits per heavy atom. The van der Waals surface area contributed by atoms with Crippen molar-refractivity contribution in [3.63, 3.8) is 0 Å². The molecule has 0 aromatic carbocycles. The lowest BCUT2D eigenvalue weighted by molar-refractivity contribution is 0.0931. The molecule has 0 saturated heterocycles. The highest BCUT2D eigenvalue weighted by Crippen LogP contribution is 2.48. The summed E-state index contributed by atoms with van der Waals surface area (Å²) in [5, 5.41) is 13.5. The lowest BCUT2D eigenvalue weighted by atomic mass is 10.0. The third kappa shape index (κ3) is 2.71. The Hall–Kier alpha value is -1.40. The Morgan fingerprint density at radius 1 is 1.50 bits per heavy atom. The monoisotopic (exact) mass is 278 g/mol. The Morgan fingerprint density at radius 2 is 2.35 bits per heavy atom. The summed E-state index contributed by atoms with van der Waals surface area (Å²) in [5.41, 5.74) is 2.93. The predicted octanol–water partition coefficient (Wildman–Crippen LogP) is 0.602. The quantitative estimate of drug-likeness (QED) is 0.712. The van der Waals surface area contributed by atoms with Gasteiger partial charge in [0.1, 0.15) is 0 Å². The highest BCUT2D eigenvalue weighted by atomic mass is 16.5. The molecule has 0 bridgehead atoms. The fraction of sp³-hybridized carbons (Fsp3) is 0.714. The Bertz CT molecular complexity index is 493. The average molecular weight is 278 g/mol. The zero-order valence-corrected chi connectivity index (χ0v) is 11.9. The second-order valence-electron chi connectivity index (χ2n) is 5.88. The molecule has 1 amide bonds. The van der Waals surface area contributed by atoms with E-state index >= 15 is 0 Å². The molecule has 0 spiro atoms. The number of aromatic nitrogens is 2. The SMILES string of the molecule is COCCC1(CNC(=O)c2n[nH]c3c2CNCC3)CC1. The van der Waals surface area contributed by atoms with Crippen molar-refractivity contribution >= 4 is 5.91 Å². The number of rotatable bonds is 6. The van der Waals surface area contributed by atoms with Crippen LogP contribution in [0, 0.1) is 5.41 Å². The van der Waals surface area contributed by atoms with Gasteiger partial charge in [-0.05, 0) is 24.7 Å². The first-order chi connectivity index (χ1) is 9.74. The van der Waals surface area contributed by atoms with E-state index in [0.717, 1.165) is 50.3 Å². The number of carbonyl (C=O) groups excluding carboxylic acids is 1. The van der Waals surface area contributed by atoms with Gasteiger partial charge in [-0.3, -0.25) is 9.89 Å². The summed E-state index contributed by atoms with van der Waals surface area (Å²) >= 11 is 0. The van der Waals surface area contributed by atoms with Gasteiger partial charge in [-0.2, -0.15) is 5.10 Å². The third-order valence-electron chi connectivity index (χ3n) is 4.44. The molecule has 1 fully saturated rings. The van der Waals surface area contributed by atoms with Crippen LogP contribution in [0.2, 0.25) is 0 Å². The van der Waals surface area contributed by atoms with Gasteiger partial charge in [0.05, 0.1) is 0 Å². The molecule has 110 valence electrons. The number of carbonyl (C=O) groups is 1. The van der Waals surface area contributed by atoms with E-state index in [9.17, 15) is 4.79 Å². The summed E-state index contributed by atoms with van der Waals surface area (Å²) in [4.78, 5) is 12.3. The molecule has 1 saturated carbocycles. The van der Waals surface area contributed by atoms with E-state index in [4.69, 9.17) is 4.74 Å². The van der Waals surface area contributed by atoms with Gasteiger partial charge in [0.15, 0.2) is 5.69 Å². The predicted molar refractivity (Wildman–Crippen MR) is 74.5 cm³/mol. The van der Waals surface area contributed by atoms with E-state index in [1.807, 2.05) is 0 Å². The van der Waals surface area contributed by atoms with Crippen LogP contribution < -0.4 is 10.6 Å². The minimum Gasteiger partial charge on any atom is -0.385 e. The third-order valence-corrected chi connectivity index (χ3v) is 4.44. The molecule has 1 aromatic heterocycles. The molecule has 1 aliphatic carbocycles. The molecule has 6 nitrogen and oxygen atoms in total. The summed E-state index contributed by atoms with van der Waals surface area (Å²) in [7, 11) is 1.72. The summed E-state index contributed by atoms with van der Waals surface area (Å²) in [6, 6.07) is 0. The molecule has 6 heteroatoms. The van der Waals surface area contributed by atoms with Crippen molar-refractivity contribution in [3.8, 4) is 0 Å². The van der Waals surface area contributed by atoms with E-state index in [1.165, 1.54) is 12.8 Å². The fourth-order valence-corrected chi connectivity index (χ4v) is 2.78. The van der Waals surface area contributed by atoms with Crippen LogP contribution in [0.3, 0.4) is 0 Å². The first-order valence-electron chi connectivity index (χ1n) is 7.28. The van der Waals surface area contributed by atoms with Crippen LogP contribution in [0.5, 0.6) is 0 Å². The van der Waals surface area contributed by atoms with Crippen LogP contribution in [0.15, 0.2) is 0 Å². The van der Waals surface area contributed by atoms with Gasteiger partial charge in [-0.15, -0.1) is 0 Å². The molecule has 2 aliphatic rings. The lowest BCUT2D eigenvalue weighted by Gasteiger charge is -2.16. The zero-order chi connectivity index (χ0) is 14.0. The van der Waals surface area contributed by atoms with Crippen molar-refractivity contribution in [2.45, 2.75) is 32.2 Å². The minimum atomic E-state index is -0.0603. The largest absolute Gasteiger partial charge is 0.385 e. The summed E-state index contributed by atoms with van der Waals surface area (Å²) in [5.74, 6) is -0.0603. The standard InChI is InChI=1S/C14H22N4O2/c1-20-7-5-14(3-4-14)9-16-13(19)12-10-8-15-6-2-11(10)17-18-12/h15H,2-9H2,1H3,(H,16,19)(H,17,18). The number of aromatic amines is 1. The van der Waals surface area contributed by atoms with Crippen LogP contribution in [-0.2, 0) is 17.7 Å². The number of fused-ring (bicyclic) bond motifs is 1. The molecule has 3 rings (SSSR count). The van der Waals surface area contributed by atoms with Gasteiger partial charge in [0.2, 0.25) is 0 Å². The highest BCUT2D eigenvalue weighted by Gasteiger charge is 2.42. The van der Waals surface area contributed by atoms with Gasteiger partial charge in [-0.25, -0.2) is 0 Å². The topological polar surface area (TPSA) is 79.0 Å². The van der Waals surface area contributed by atoms with E-state index in [-0.39, 0.29) is 11.3 Å². The normalized spacial score (nSPS) is 19.4. The number of amides is 1. The first-order valence-corrected chi connectivity index (χ1v) is 7.28. The van der Waals surface area contributed by atoms with Gasteiger partial charge < -0.3 is 15.4 Å². The van der Waals surface area contributed by atoms with Gasteiger partial charge >= 0.3 is 0 Å². The van der Waals surface area contributed by atoms with E-state index < -0.39 is 0 Å². The summed E-state index contributed by atoms with van der Waals surface area (Å²) in [6.07, 6.45) is 4.28. The van der Waals surface area contributed by atoms with Crippen LogP contribution in [0.1, 0.15) is 41.0 Å². The number of nitrogens with one attached hydrogen (secondary N) is 3. The number of ether oxygens (including phenoxy) is 1. The van der Waals surface area contributed by atoms with E-state index in [2.05, 4.69) is 20.8 Å². The number of hydrogen-bond acceptors (Lipinski definition) is 4. The highest BCUT2D eigenvalue weighted by molar-refractivity contribution is 5.94. The fourth-order valence-electron chi connectivity index (χ4n) is 2.78. The second-order valence-corrected chi connectivity index (χ2v) is 5.88. The number of methoxy groups -OCH3 is 1. The molecule has 1 aliphatic heterocycles. The summed E-state index contributed by atoms with van der Waals surface area (Å²) in [6.45, 7) is 3.15. The zero-order valence-electron chi connectivity index (χ0n) is 11.9. The van der Waals surface area contributed by atoms with Crippen LogP contribution in [-0.4, -0.2) is 42.9 Å². The van der Waals surface area contributed by atoms with Crippen molar-refractivity contribution < 1.29 is 9.53 Å². The number of nitrogens with zero attached hydrogens (tertiary/aromatic N) is 1. The van der Waals surface area contributed by atoms with Crippen LogP contribution in [0.25, 0.3) is 0 Å². The molecule has 3 N–H and O–H groups in total. The molecule has 0 atom stereocenters. The number of hydrogen-bond donors (Lipinski definition) is 3. The maximum atomic E-state index is 12.3. The number of H-pyrrole nitrogens is 1. The molecule has 2 heterocycles. The average Bonchev–Trinajstić information content (AvgIpc) is 3.12. The van der Waals surface area contributed by atoms with Crippen molar-refractivity contribution in [3.05, 3.63) is 17.0 Å². The smallest absolute Gasteiger partial charge is 0.272 e. The Labute approximate surface area is 118 Å². The van der Waals surface area contributed by atoms with Crippen molar-refractivity contribution in [1.82, 2.24) is 20.8 Å². The first kappa shape index (κ1) is 13.6. The van der Waals surface area contributed by atoms with Gasteiger partial charge in [0, 0.05) is 51.0 Å². The lowest BCUT2D eigenvalue weighted by Crippen LogP contribution is -2.32. The van der Waals surface area contributed by atoms with Crippen molar-refractivity contribution in [1.29, 1.82) is 0 Å². The van der Waals surface area contributed by atoms with E-state index in [0.29, 0.717) is 5.69 Å². The molecular weight excluding hydrogens is 256 g/mol. The molecule has 20 heavy (non-hydrogen) atoms. The van der Waals surface area contributed by atoms with Crippen LogP contribution in [0.4, 0.5) is 0 Å². The van der Waals surface area contributed by atoms with Gasteiger partial charge in [-0.1, -0.05) is 0 Å².